The van der Waals surface area contributed by atoms with E-state index in [0.717, 1.165) is 38.0 Å². The maximum absolute atomic E-state index is 12.3. The zero-order valence-electron chi connectivity index (χ0n) is 12.2. The van der Waals surface area contributed by atoms with Gasteiger partial charge in [-0.25, -0.2) is 4.79 Å². The molecule has 0 saturated carbocycles. The van der Waals surface area contributed by atoms with Crippen LogP contribution in [0.3, 0.4) is 0 Å². The van der Waals surface area contributed by atoms with Gasteiger partial charge in [-0.3, -0.25) is 0 Å². The number of rotatable bonds is 8. The lowest BCUT2D eigenvalue weighted by molar-refractivity contribution is 0.211. The van der Waals surface area contributed by atoms with Crippen molar-refractivity contribution in [3.8, 4) is 0 Å². The zero-order chi connectivity index (χ0) is 14.6. The number of carbonyl (C=O) groups is 1. The van der Waals surface area contributed by atoms with Crippen LogP contribution in [-0.2, 0) is 0 Å². The van der Waals surface area contributed by atoms with Crippen molar-refractivity contribution in [2.24, 2.45) is 0 Å². The van der Waals surface area contributed by atoms with Crippen LogP contribution in [0.4, 0.5) is 10.5 Å². The summed E-state index contributed by atoms with van der Waals surface area (Å²) in [5, 5.41) is 2.93. The fraction of sp³-hybridized carbons (Fsp3) is 0.353. The average molecular weight is 272 g/mol. The highest BCUT2D eigenvalue weighted by Gasteiger charge is 2.11. The van der Waals surface area contributed by atoms with Gasteiger partial charge in [0.25, 0.3) is 0 Å². The SMILES string of the molecule is C=C/C=C/CCN(CCCC)C(=O)Nc1ccccc1. The highest BCUT2D eigenvalue weighted by atomic mass is 16.2. The minimum atomic E-state index is -0.0309. The number of urea groups is 1. The number of hydrogen-bond donors (Lipinski definition) is 1. The van der Waals surface area contributed by atoms with E-state index in [1.165, 1.54) is 0 Å². The van der Waals surface area contributed by atoms with Gasteiger partial charge < -0.3 is 10.2 Å². The largest absolute Gasteiger partial charge is 0.324 e. The summed E-state index contributed by atoms with van der Waals surface area (Å²) in [4.78, 5) is 14.1. The van der Waals surface area contributed by atoms with Gasteiger partial charge in [-0.05, 0) is 25.0 Å². The lowest BCUT2D eigenvalue weighted by atomic mass is 10.3. The van der Waals surface area contributed by atoms with Crippen molar-refractivity contribution >= 4 is 11.7 Å². The summed E-state index contributed by atoms with van der Waals surface area (Å²) < 4.78 is 0. The summed E-state index contributed by atoms with van der Waals surface area (Å²) in [7, 11) is 0. The van der Waals surface area contributed by atoms with E-state index in [9.17, 15) is 4.79 Å². The molecule has 3 nitrogen and oxygen atoms in total. The zero-order valence-corrected chi connectivity index (χ0v) is 12.2. The van der Waals surface area contributed by atoms with Gasteiger partial charge in [0.1, 0.15) is 0 Å². The second kappa shape index (κ2) is 9.84. The highest BCUT2D eigenvalue weighted by molar-refractivity contribution is 5.89. The van der Waals surface area contributed by atoms with Crippen LogP contribution in [0.25, 0.3) is 0 Å². The van der Waals surface area contributed by atoms with Crippen molar-refractivity contribution in [1.29, 1.82) is 0 Å². The molecule has 0 fully saturated rings. The maximum atomic E-state index is 12.3. The molecule has 0 aromatic heterocycles. The van der Waals surface area contributed by atoms with Crippen LogP contribution in [0.2, 0.25) is 0 Å². The third-order valence-electron chi connectivity index (χ3n) is 2.93. The Morgan fingerprint density at radius 2 is 2.05 bits per heavy atom. The molecule has 0 bridgehead atoms. The smallest absolute Gasteiger partial charge is 0.321 e. The van der Waals surface area contributed by atoms with Crippen LogP contribution in [0.1, 0.15) is 26.2 Å². The molecule has 0 radical (unpaired) electrons. The summed E-state index contributed by atoms with van der Waals surface area (Å²) in [6, 6.07) is 9.53. The van der Waals surface area contributed by atoms with Crippen molar-refractivity contribution in [3.63, 3.8) is 0 Å². The summed E-state index contributed by atoms with van der Waals surface area (Å²) >= 11 is 0. The van der Waals surface area contributed by atoms with Crippen LogP contribution in [0.5, 0.6) is 0 Å². The van der Waals surface area contributed by atoms with Gasteiger partial charge >= 0.3 is 6.03 Å². The molecular weight excluding hydrogens is 248 g/mol. The molecule has 20 heavy (non-hydrogen) atoms. The molecule has 0 heterocycles. The number of hydrogen-bond acceptors (Lipinski definition) is 1. The Morgan fingerprint density at radius 3 is 2.70 bits per heavy atom. The predicted octanol–water partition coefficient (Wildman–Crippen LogP) is 4.45. The van der Waals surface area contributed by atoms with E-state index in [-0.39, 0.29) is 6.03 Å². The summed E-state index contributed by atoms with van der Waals surface area (Å²) in [6.45, 7) is 7.28. The molecule has 3 heteroatoms. The maximum Gasteiger partial charge on any atom is 0.321 e. The van der Waals surface area contributed by atoms with Gasteiger partial charge in [0.2, 0.25) is 0 Å². The number of amides is 2. The minimum absolute atomic E-state index is 0.0309. The molecular formula is C17H24N2O. The van der Waals surface area contributed by atoms with E-state index in [1.807, 2.05) is 47.4 Å². The lowest BCUT2D eigenvalue weighted by Gasteiger charge is -2.22. The van der Waals surface area contributed by atoms with Crippen LogP contribution in [0.15, 0.2) is 55.1 Å². The molecule has 1 aromatic carbocycles. The van der Waals surface area contributed by atoms with E-state index >= 15 is 0 Å². The molecule has 0 atom stereocenters. The Hall–Kier alpha value is -2.03. The first-order chi connectivity index (χ1) is 9.77. The van der Waals surface area contributed by atoms with Crippen molar-refractivity contribution < 1.29 is 4.79 Å². The molecule has 0 aliphatic carbocycles. The number of nitrogens with one attached hydrogen (secondary N) is 1. The molecule has 1 aromatic rings. The number of anilines is 1. The molecule has 0 aliphatic rings. The molecule has 1 N–H and O–H groups in total. The fourth-order valence-electron chi connectivity index (χ4n) is 1.81. The minimum Gasteiger partial charge on any atom is -0.324 e. The normalized spacial score (nSPS) is 10.4. The second-order valence-electron chi connectivity index (χ2n) is 4.59. The van der Waals surface area contributed by atoms with E-state index in [1.54, 1.807) is 6.08 Å². The van der Waals surface area contributed by atoms with Gasteiger partial charge in [0.15, 0.2) is 0 Å². The Bertz CT molecular complexity index is 426. The first kappa shape index (κ1) is 16.0. The highest BCUT2D eigenvalue weighted by Crippen LogP contribution is 2.08. The summed E-state index contributed by atoms with van der Waals surface area (Å²) in [6.07, 6.45) is 8.64. The monoisotopic (exact) mass is 272 g/mol. The van der Waals surface area contributed by atoms with Gasteiger partial charge in [-0.15, -0.1) is 0 Å². The predicted molar refractivity (Wildman–Crippen MR) is 85.9 cm³/mol. The third kappa shape index (κ3) is 6.23. The van der Waals surface area contributed by atoms with Crippen molar-refractivity contribution in [1.82, 2.24) is 4.90 Å². The van der Waals surface area contributed by atoms with Crippen molar-refractivity contribution in [3.05, 3.63) is 55.1 Å². The van der Waals surface area contributed by atoms with Crippen LogP contribution >= 0.6 is 0 Å². The Morgan fingerprint density at radius 1 is 1.30 bits per heavy atom. The first-order valence-corrected chi connectivity index (χ1v) is 7.16. The number of benzene rings is 1. The molecule has 0 aliphatic heterocycles. The summed E-state index contributed by atoms with van der Waals surface area (Å²) in [5.41, 5.74) is 0.834. The number of carbonyl (C=O) groups excluding carboxylic acids is 1. The molecule has 0 spiro atoms. The molecule has 2 amide bonds. The topological polar surface area (TPSA) is 32.3 Å². The quantitative estimate of drug-likeness (QED) is 0.696. The molecule has 0 unspecified atom stereocenters. The van der Waals surface area contributed by atoms with E-state index in [4.69, 9.17) is 0 Å². The molecule has 0 saturated heterocycles. The van der Waals surface area contributed by atoms with Crippen molar-refractivity contribution in [2.75, 3.05) is 18.4 Å². The van der Waals surface area contributed by atoms with E-state index < -0.39 is 0 Å². The number of nitrogens with zero attached hydrogens (tertiary/aromatic N) is 1. The number of unbranched alkanes of at least 4 members (excludes halogenated alkanes) is 1. The number of para-hydroxylation sites is 1. The first-order valence-electron chi connectivity index (χ1n) is 7.16. The fourth-order valence-corrected chi connectivity index (χ4v) is 1.81. The van der Waals surface area contributed by atoms with Gasteiger partial charge in [-0.1, -0.05) is 56.4 Å². The van der Waals surface area contributed by atoms with Gasteiger partial charge in [0.05, 0.1) is 0 Å². The van der Waals surface area contributed by atoms with Gasteiger partial charge in [-0.2, -0.15) is 0 Å². The van der Waals surface area contributed by atoms with Gasteiger partial charge in [0, 0.05) is 18.8 Å². The Labute approximate surface area is 122 Å². The average Bonchev–Trinajstić information content (AvgIpc) is 2.47. The van der Waals surface area contributed by atoms with E-state index in [2.05, 4.69) is 18.8 Å². The standard InChI is InChI=1S/C17H24N2O/c1-3-5-7-11-15-19(14-6-4-2)17(20)18-16-12-9-8-10-13-16/h3,5,7-10,12-13H,1,4,6,11,14-15H2,2H3,(H,18,20)/b7-5+. The molecule has 1 rings (SSSR count). The summed E-state index contributed by atoms with van der Waals surface area (Å²) in [5.74, 6) is 0. The lowest BCUT2D eigenvalue weighted by Crippen LogP contribution is -2.36. The van der Waals surface area contributed by atoms with Crippen LogP contribution in [0, 0.1) is 0 Å². The van der Waals surface area contributed by atoms with E-state index in [0.29, 0.717) is 0 Å². The van der Waals surface area contributed by atoms with Crippen LogP contribution < -0.4 is 5.32 Å². The third-order valence-corrected chi connectivity index (χ3v) is 2.93. The molecule has 108 valence electrons. The number of allylic oxidation sites excluding steroid dienone is 2. The Balaban J connectivity index is 2.54. The van der Waals surface area contributed by atoms with Crippen molar-refractivity contribution in [2.45, 2.75) is 26.2 Å². The second-order valence-corrected chi connectivity index (χ2v) is 4.59. The van der Waals surface area contributed by atoms with Crippen LogP contribution in [-0.4, -0.2) is 24.0 Å². The Kier molecular flexibility index (Phi) is 7.89.